The van der Waals surface area contributed by atoms with Crippen molar-refractivity contribution in [2.45, 2.75) is 37.5 Å². The molecule has 3 rings (SSSR count). The molecule has 1 aliphatic rings. The first-order chi connectivity index (χ1) is 11.4. The molecule has 0 saturated heterocycles. The molecule has 3 nitrogen and oxygen atoms in total. The first kappa shape index (κ1) is 17.6. The molecular weight excluding hydrogens is 386 g/mol. The first-order valence-corrected chi connectivity index (χ1v) is 10.5. The molecule has 0 radical (unpaired) electrons. The first-order valence-electron chi connectivity index (χ1n) is 8.19. The number of aryl methyl sites for hydroxylation is 1. The second-order valence-corrected chi connectivity index (χ2v) is 9.45. The Balaban J connectivity index is 1.55. The highest BCUT2D eigenvalue weighted by molar-refractivity contribution is 9.10. The normalized spacial score (nSPS) is 16.1. The van der Waals surface area contributed by atoms with Crippen molar-refractivity contribution in [3.63, 3.8) is 0 Å². The summed E-state index contributed by atoms with van der Waals surface area (Å²) in [6, 6.07) is 15.4. The van der Waals surface area contributed by atoms with Crippen molar-refractivity contribution < 1.29 is 8.42 Å². The molecule has 0 unspecified atom stereocenters. The van der Waals surface area contributed by atoms with Gasteiger partial charge in [0.15, 0.2) is 0 Å². The molecule has 1 N–H and O–H groups in total. The van der Waals surface area contributed by atoms with Gasteiger partial charge in [-0.3, -0.25) is 0 Å². The number of halogens is 1. The maximum Gasteiger partial charge on any atom is 0.240 e. The molecule has 0 aromatic heterocycles. The molecular formula is C19H22BrNO2S. The van der Waals surface area contributed by atoms with Crippen LogP contribution in [0.5, 0.6) is 0 Å². The van der Waals surface area contributed by atoms with E-state index in [-0.39, 0.29) is 5.41 Å². The van der Waals surface area contributed by atoms with Gasteiger partial charge in [-0.05, 0) is 67.9 Å². The Morgan fingerprint density at radius 1 is 1.04 bits per heavy atom. The van der Waals surface area contributed by atoms with E-state index in [1.165, 1.54) is 18.4 Å². The van der Waals surface area contributed by atoms with Gasteiger partial charge in [-0.25, -0.2) is 13.1 Å². The number of sulfonamides is 1. The monoisotopic (exact) mass is 407 g/mol. The van der Waals surface area contributed by atoms with Gasteiger partial charge in [0.1, 0.15) is 0 Å². The van der Waals surface area contributed by atoms with Crippen LogP contribution in [0.2, 0.25) is 0 Å². The van der Waals surface area contributed by atoms with Crippen molar-refractivity contribution in [2.24, 2.45) is 5.41 Å². The molecule has 0 bridgehead atoms. The van der Waals surface area contributed by atoms with Crippen LogP contribution in [0.4, 0.5) is 0 Å². The summed E-state index contributed by atoms with van der Waals surface area (Å²) in [4.78, 5) is 0.339. The van der Waals surface area contributed by atoms with E-state index < -0.39 is 10.0 Å². The highest BCUT2D eigenvalue weighted by atomic mass is 79.9. The molecule has 1 fully saturated rings. The fourth-order valence-electron chi connectivity index (χ4n) is 2.98. The summed E-state index contributed by atoms with van der Waals surface area (Å²) in [5.41, 5.74) is 2.64. The van der Waals surface area contributed by atoms with Gasteiger partial charge in [-0.2, -0.15) is 0 Å². The van der Waals surface area contributed by atoms with Crippen LogP contribution in [0.15, 0.2) is 57.9 Å². The van der Waals surface area contributed by atoms with Gasteiger partial charge in [0.2, 0.25) is 10.0 Å². The molecule has 1 aliphatic carbocycles. The van der Waals surface area contributed by atoms with Gasteiger partial charge in [0.25, 0.3) is 0 Å². The Bertz CT molecular complexity index is 794. The highest BCUT2D eigenvalue weighted by Gasteiger charge is 2.41. The van der Waals surface area contributed by atoms with Crippen molar-refractivity contribution in [2.75, 3.05) is 6.54 Å². The maximum absolute atomic E-state index is 12.3. The number of hydrogen-bond acceptors (Lipinski definition) is 2. The van der Waals surface area contributed by atoms with Gasteiger partial charge < -0.3 is 0 Å². The van der Waals surface area contributed by atoms with E-state index in [1.54, 1.807) is 12.1 Å². The van der Waals surface area contributed by atoms with Crippen LogP contribution in [0.3, 0.4) is 0 Å². The zero-order chi connectivity index (χ0) is 17.2. The molecule has 0 heterocycles. The van der Waals surface area contributed by atoms with Crippen LogP contribution in [-0.4, -0.2) is 15.0 Å². The summed E-state index contributed by atoms with van der Waals surface area (Å²) < 4.78 is 28.5. The van der Waals surface area contributed by atoms with Gasteiger partial charge in [0, 0.05) is 11.0 Å². The molecule has 24 heavy (non-hydrogen) atoms. The van der Waals surface area contributed by atoms with Crippen LogP contribution in [-0.2, 0) is 16.4 Å². The quantitative estimate of drug-likeness (QED) is 0.736. The van der Waals surface area contributed by atoms with Crippen LogP contribution in [0.25, 0.3) is 0 Å². The summed E-state index contributed by atoms with van der Waals surface area (Å²) in [7, 11) is -3.41. The van der Waals surface area contributed by atoms with E-state index in [9.17, 15) is 8.42 Å². The summed E-state index contributed by atoms with van der Waals surface area (Å²) in [5, 5.41) is 0. The summed E-state index contributed by atoms with van der Waals surface area (Å²) >= 11 is 3.45. The molecule has 0 atom stereocenters. The Labute approximate surface area is 152 Å². The van der Waals surface area contributed by atoms with E-state index in [0.717, 1.165) is 22.9 Å². The smallest absolute Gasteiger partial charge is 0.211 e. The Kier molecular flexibility index (Phi) is 5.13. The molecule has 1 saturated carbocycles. The Morgan fingerprint density at radius 3 is 2.25 bits per heavy atom. The molecule has 128 valence electrons. The second-order valence-electron chi connectivity index (χ2n) is 6.76. The predicted molar refractivity (Wildman–Crippen MR) is 100 cm³/mol. The third-order valence-corrected chi connectivity index (χ3v) is 6.73. The molecule has 0 aliphatic heterocycles. The van der Waals surface area contributed by atoms with E-state index in [2.05, 4.69) is 44.9 Å². The minimum absolute atomic E-state index is 0.267. The average Bonchev–Trinajstić information content (AvgIpc) is 3.29. The highest BCUT2D eigenvalue weighted by Crippen LogP contribution is 2.51. The lowest BCUT2D eigenvalue weighted by molar-refractivity contribution is 0.459. The topological polar surface area (TPSA) is 46.2 Å². The fraction of sp³-hybridized carbons (Fsp3) is 0.368. The predicted octanol–water partition coefficient (Wildman–Crippen LogP) is 4.45. The SMILES string of the molecule is Cc1ccc(S(=O)(=O)NCCC2(Cc3ccc(Br)cc3)CC2)cc1. The molecule has 5 heteroatoms. The van der Waals surface area contributed by atoms with Gasteiger partial charge in [0.05, 0.1) is 4.90 Å². The maximum atomic E-state index is 12.3. The van der Waals surface area contributed by atoms with Crippen LogP contribution in [0.1, 0.15) is 30.4 Å². The van der Waals surface area contributed by atoms with E-state index in [4.69, 9.17) is 0 Å². The van der Waals surface area contributed by atoms with Crippen molar-refractivity contribution in [1.29, 1.82) is 0 Å². The number of nitrogens with one attached hydrogen (secondary N) is 1. The largest absolute Gasteiger partial charge is 0.240 e. The Morgan fingerprint density at radius 2 is 1.67 bits per heavy atom. The summed E-state index contributed by atoms with van der Waals surface area (Å²) in [6.45, 7) is 2.44. The van der Waals surface area contributed by atoms with E-state index in [1.807, 2.05) is 19.1 Å². The number of benzene rings is 2. The van der Waals surface area contributed by atoms with Crippen LogP contribution >= 0.6 is 15.9 Å². The lowest BCUT2D eigenvalue weighted by Crippen LogP contribution is -2.27. The average molecular weight is 408 g/mol. The standard InChI is InChI=1S/C19H22BrNO2S/c1-15-2-8-18(9-3-15)24(22,23)21-13-12-19(10-11-19)14-16-4-6-17(20)7-5-16/h2-9,21H,10-14H2,1H3. The molecule has 0 spiro atoms. The third-order valence-electron chi connectivity index (χ3n) is 4.73. The summed E-state index contributed by atoms with van der Waals surface area (Å²) in [6.07, 6.45) is 4.26. The van der Waals surface area contributed by atoms with Crippen LogP contribution < -0.4 is 4.72 Å². The molecule has 2 aromatic carbocycles. The number of rotatable bonds is 7. The second kappa shape index (κ2) is 6.98. The third kappa shape index (κ3) is 4.47. The van der Waals surface area contributed by atoms with E-state index >= 15 is 0 Å². The molecule has 0 amide bonds. The fourth-order valence-corrected chi connectivity index (χ4v) is 4.27. The van der Waals surface area contributed by atoms with Gasteiger partial charge in [-0.15, -0.1) is 0 Å². The van der Waals surface area contributed by atoms with Crippen molar-refractivity contribution >= 4 is 26.0 Å². The van der Waals surface area contributed by atoms with Crippen molar-refractivity contribution in [3.8, 4) is 0 Å². The van der Waals surface area contributed by atoms with Crippen molar-refractivity contribution in [1.82, 2.24) is 4.72 Å². The zero-order valence-electron chi connectivity index (χ0n) is 13.8. The Hall–Kier alpha value is -1.17. The van der Waals surface area contributed by atoms with Crippen LogP contribution in [0, 0.1) is 12.3 Å². The summed E-state index contributed by atoms with van der Waals surface area (Å²) in [5.74, 6) is 0. The molecule has 2 aromatic rings. The zero-order valence-corrected chi connectivity index (χ0v) is 16.2. The lowest BCUT2D eigenvalue weighted by Gasteiger charge is -2.16. The minimum Gasteiger partial charge on any atom is -0.211 e. The van der Waals surface area contributed by atoms with Gasteiger partial charge >= 0.3 is 0 Å². The number of hydrogen-bond donors (Lipinski definition) is 1. The van der Waals surface area contributed by atoms with E-state index in [0.29, 0.717) is 11.4 Å². The minimum atomic E-state index is -3.41. The lowest BCUT2D eigenvalue weighted by atomic mass is 9.93. The van der Waals surface area contributed by atoms with Gasteiger partial charge in [-0.1, -0.05) is 45.8 Å². The van der Waals surface area contributed by atoms with Crippen molar-refractivity contribution in [3.05, 3.63) is 64.1 Å².